The minimum Gasteiger partial charge on any atom is -0.455 e. The highest BCUT2D eigenvalue weighted by atomic mass is 19.1. The summed E-state index contributed by atoms with van der Waals surface area (Å²) in [5, 5.41) is 3.98. The molecule has 96 valence electrons. The molecule has 1 aromatic carbocycles. The number of nitrogens with two attached hydrogens (primary N) is 1. The van der Waals surface area contributed by atoms with Gasteiger partial charge in [0.05, 0.1) is 5.69 Å². The molecule has 0 aliphatic rings. The van der Waals surface area contributed by atoms with Gasteiger partial charge < -0.3 is 10.5 Å². The number of rotatable bonds is 2. The van der Waals surface area contributed by atoms with Gasteiger partial charge >= 0.3 is 0 Å². The van der Waals surface area contributed by atoms with Crippen molar-refractivity contribution in [1.29, 1.82) is 0 Å². The standard InChI is InChI=1S/C13H11FN4O/c1-8-10(14)2-3-11(15)13(8)19-9-4-5-18-12(6-9)16-7-17-18/h2-7H,15H2,1H3. The molecule has 0 bridgehead atoms. The van der Waals surface area contributed by atoms with Crippen LogP contribution in [0, 0.1) is 12.7 Å². The lowest BCUT2D eigenvalue weighted by Gasteiger charge is -2.11. The van der Waals surface area contributed by atoms with Crippen molar-refractivity contribution >= 4 is 11.3 Å². The minimum absolute atomic E-state index is 0.323. The van der Waals surface area contributed by atoms with E-state index in [1.54, 1.807) is 29.8 Å². The van der Waals surface area contributed by atoms with E-state index >= 15 is 0 Å². The molecule has 0 aliphatic carbocycles. The van der Waals surface area contributed by atoms with Crippen molar-refractivity contribution in [1.82, 2.24) is 14.6 Å². The molecular weight excluding hydrogens is 247 g/mol. The molecule has 6 heteroatoms. The highest BCUT2D eigenvalue weighted by Gasteiger charge is 2.11. The van der Waals surface area contributed by atoms with Gasteiger partial charge in [-0.1, -0.05) is 0 Å². The first-order valence-electron chi connectivity index (χ1n) is 5.67. The molecular formula is C13H11FN4O. The van der Waals surface area contributed by atoms with Crippen LogP contribution >= 0.6 is 0 Å². The molecule has 0 radical (unpaired) electrons. The zero-order chi connectivity index (χ0) is 13.4. The smallest absolute Gasteiger partial charge is 0.158 e. The van der Waals surface area contributed by atoms with Crippen molar-refractivity contribution in [3.8, 4) is 11.5 Å². The highest BCUT2D eigenvalue weighted by molar-refractivity contribution is 5.58. The Morgan fingerprint density at radius 2 is 2.16 bits per heavy atom. The average Bonchev–Trinajstić information content (AvgIpc) is 2.86. The summed E-state index contributed by atoms with van der Waals surface area (Å²) in [6.07, 6.45) is 3.16. The Hall–Kier alpha value is -2.63. The maximum Gasteiger partial charge on any atom is 0.158 e. The molecule has 0 unspecified atom stereocenters. The highest BCUT2D eigenvalue weighted by Crippen LogP contribution is 2.32. The van der Waals surface area contributed by atoms with E-state index in [4.69, 9.17) is 10.5 Å². The van der Waals surface area contributed by atoms with Crippen molar-refractivity contribution < 1.29 is 9.13 Å². The number of fused-ring (bicyclic) bond motifs is 1. The molecule has 0 saturated heterocycles. The molecule has 0 aliphatic heterocycles. The molecule has 2 heterocycles. The number of benzene rings is 1. The summed E-state index contributed by atoms with van der Waals surface area (Å²) < 4.78 is 20.8. The Morgan fingerprint density at radius 1 is 1.32 bits per heavy atom. The van der Waals surface area contributed by atoms with Gasteiger partial charge in [-0.05, 0) is 25.1 Å². The topological polar surface area (TPSA) is 65.4 Å². The predicted molar refractivity (Wildman–Crippen MR) is 68.6 cm³/mol. The first kappa shape index (κ1) is 11.5. The summed E-state index contributed by atoms with van der Waals surface area (Å²) in [5.41, 5.74) is 7.21. The summed E-state index contributed by atoms with van der Waals surface area (Å²) in [4.78, 5) is 4.05. The maximum atomic E-state index is 13.5. The maximum absolute atomic E-state index is 13.5. The quantitative estimate of drug-likeness (QED) is 0.717. The normalized spacial score (nSPS) is 10.8. The lowest BCUT2D eigenvalue weighted by Crippen LogP contribution is -1.97. The van der Waals surface area contributed by atoms with Crippen LogP contribution in [0.4, 0.5) is 10.1 Å². The van der Waals surface area contributed by atoms with E-state index in [2.05, 4.69) is 10.1 Å². The Balaban J connectivity index is 2.03. The molecule has 0 amide bonds. The fourth-order valence-corrected chi connectivity index (χ4v) is 1.80. The van der Waals surface area contributed by atoms with E-state index in [0.29, 0.717) is 28.4 Å². The third kappa shape index (κ3) is 1.97. The third-order valence-corrected chi connectivity index (χ3v) is 2.84. The van der Waals surface area contributed by atoms with Crippen molar-refractivity contribution in [2.24, 2.45) is 0 Å². The second-order valence-corrected chi connectivity index (χ2v) is 4.12. The lowest BCUT2D eigenvalue weighted by atomic mass is 10.2. The summed E-state index contributed by atoms with van der Waals surface area (Å²) >= 11 is 0. The second-order valence-electron chi connectivity index (χ2n) is 4.12. The molecule has 2 N–H and O–H groups in total. The first-order valence-corrected chi connectivity index (χ1v) is 5.67. The van der Waals surface area contributed by atoms with E-state index in [9.17, 15) is 4.39 Å². The molecule has 0 fully saturated rings. The van der Waals surface area contributed by atoms with Crippen LogP contribution in [0.3, 0.4) is 0 Å². The van der Waals surface area contributed by atoms with E-state index in [1.807, 2.05) is 0 Å². The predicted octanol–water partition coefficient (Wildman–Crippen LogP) is 2.55. The van der Waals surface area contributed by atoms with Crippen LogP contribution in [-0.4, -0.2) is 14.6 Å². The van der Waals surface area contributed by atoms with Crippen LogP contribution in [0.15, 0.2) is 36.8 Å². The number of ether oxygens (including phenoxy) is 1. The second kappa shape index (κ2) is 4.24. The van der Waals surface area contributed by atoms with E-state index in [-0.39, 0.29) is 5.82 Å². The number of anilines is 1. The molecule has 3 aromatic rings. The van der Waals surface area contributed by atoms with Gasteiger partial charge in [-0.3, -0.25) is 0 Å². The number of nitrogen functional groups attached to an aromatic ring is 1. The van der Waals surface area contributed by atoms with E-state index in [1.165, 1.54) is 18.5 Å². The molecule has 3 rings (SSSR count). The fraction of sp³-hybridized carbons (Fsp3) is 0.0769. The van der Waals surface area contributed by atoms with Gasteiger partial charge in [0.25, 0.3) is 0 Å². The number of hydrogen-bond donors (Lipinski definition) is 1. The SMILES string of the molecule is Cc1c(F)ccc(N)c1Oc1ccn2ncnc2c1. The third-order valence-electron chi connectivity index (χ3n) is 2.84. The van der Waals surface area contributed by atoms with Gasteiger partial charge in [0.1, 0.15) is 17.9 Å². The number of nitrogens with zero attached hydrogens (tertiary/aromatic N) is 3. The average molecular weight is 258 g/mol. The van der Waals surface area contributed by atoms with Crippen LogP contribution < -0.4 is 10.5 Å². The number of aromatic nitrogens is 3. The Kier molecular flexibility index (Phi) is 2.56. The first-order chi connectivity index (χ1) is 9.15. The molecule has 5 nitrogen and oxygen atoms in total. The van der Waals surface area contributed by atoms with Crippen molar-refractivity contribution in [3.63, 3.8) is 0 Å². The zero-order valence-electron chi connectivity index (χ0n) is 10.2. The van der Waals surface area contributed by atoms with Gasteiger partial charge in [-0.25, -0.2) is 13.9 Å². The summed E-state index contributed by atoms with van der Waals surface area (Å²) in [6, 6.07) is 6.22. The van der Waals surface area contributed by atoms with Gasteiger partial charge in [0, 0.05) is 17.8 Å². The zero-order valence-corrected chi connectivity index (χ0v) is 10.2. The minimum atomic E-state index is -0.354. The summed E-state index contributed by atoms with van der Waals surface area (Å²) in [6.45, 7) is 1.62. The number of hydrogen-bond acceptors (Lipinski definition) is 4. The van der Waals surface area contributed by atoms with Crippen LogP contribution in [0.2, 0.25) is 0 Å². The van der Waals surface area contributed by atoms with Gasteiger partial charge in [0.2, 0.25) is 0 Å². The van der Waals surface area contributed by atoms with Gasteiger partial charge in [-0.15, -0.1) is 0 Å². The van der Waals surface area contributed by atoms with Crippen LogP contribution in [0.25, 0.3) is 5.65 Å². The van der Waals surface area contributed by atoms with Crippen molar-refractivity contribution in [3.05, 3.63) is 48.2 Å². The summed E-state index contributed by atoms with van der Waals surface area (Å²) in [7, 11) is 0. The Morgan fingerprint density at radius 3 is 3.00 bits per heavy atom. The largest absolute Gasteiger partial charge is 0.455 e. The molecule has 0 saturated carbocycles. The van der Waals surface area contributed by atoms with Crippen LogP contribution in [0.1, 0.15) is 5.56 Å². The van der Waals surface area contributed by atoms with E-state index < -0.39 is 0 Å². The number of pyridine rings is 1. The van der Waals surface area contributed by atoms with Crippen LogP contribution in [0.5, 0.6) is 11.5 Å². The fourth-order valence-electron chi connectivity index (χ4n) is 1.80. The van der Waals surface area contributed by atoms with Gasteiger partial charge in [-0.2, -0.15) is 5.10 Å². The van der Waals surface area contributed by atoms with Crippen LogP contribution in [-0.2, 0) is 0 Å². The van der Waals surface area contributed by atoms with Gasteiger partial charge in [0.15, 0.2) is 11.4 Å². The number of halogens is 1. The van der Waals surface area contributed by atoms with Crippen molar-refractivity contribution in [2.75, 3.05) is 5.73 Å². The molecule has 2 aromatic heterocycles. The van der Waals surface area contributed by atoms with Crippen molar-refractivity contribution in [2.45, 2.75) is 6.92 Å². The lowest BCUT2D eigenvalue weighted by molar-refractivity contribution is 0.473. The van der Waals surface area contributed by atoms with E-state index in [0.717, 1.165) is 0 Å². The molecule has 0 atom stereocenters. The molecule has 19 heavy (non-hydrogen) atoms. The Bertz CT molecular complexity index is 753. The molecule has 0 spiro atoms. The monoisotopic (exact) mass is 258 g/mol. The summed E-state index contributed by atoms with van der Waals surface area (Å²) in [5.74, 6) is 0.498. The Labute approximate surface area is 108 Å².